The second-order valence-corrected chi connectivity index (χ2v) is 7.94. The van der Waals surface area contributed by atoms with Gasteiger partial charge in [0.1, 0.15) is 0 Å². The average Bonchev–Trinajstić information content (AvgIpc) is 2.43. The fourth-order valence-corrected chi connectivity index (χ4v) is 3.82. The van der Waals surface area contributed by atoms with Crippen LogP contribution in [0.1, 0.15) is 5.56 Å². The molecule has 10 heteroatoms. The van der Waals surface area contributed by atoms with Gasteiger partial charge < -0.3 is 8.92 Å². The maximum absolute atomic E-state index is 12.4. The smallest absolute Gasteiger partial charge is 0.359 e. The molecule has 0 saturated carbocycles. The number of likely N-dealkylation sites (N-methyl/N-ethyl adjacent to an activating group) is 1. The molecule has 2 rings (SSSR count). The van der Waals surface area contributed by atoms with Gasteiger partial charge in [-0.05, 0) is 12.1 Å². The van der Waals surface area contributed by atoms with Crippen molar-refractivity contribution in [1.82, 2.24) is 4.31 Å². The third-order valence-electron chi connectivity index (χ3n) is 2.91. The standard InChI is InChI=1S/C12H13NO7S2/c1-13-10(12(14)19-2)11(20-21(3,15)16)8-6-4-5-7-9(8)22(13,17)18/h4-7H,1-3H3. The first-order valence-electron chi connectivity index (χ1n) is 5.90. The normalized spacial score (nSPS) is 17.0. The quantitative estimate of drug-likeness (QED) is 0.565. The fourth-order valence-electron chi connectivity index (χ4n) is 1.97. The molecule has 1 aliphatic heterocycles. The second-order valence-electron chi connectivity index (χ2n) is 4.43. The van der Waals surface area contributed by atoms with Crippen LogP contribution in [-0.2, 0) is 33.9 Å². The Morgan fingerprint density at radius 1 is 1.23 bits per heavy atom. The van der Waals surface area contributed by atoms with Crippen LogP contribution in [0.5, 0.6) is 0 Å². The third-order valence-corrected chi connectivity index (χ3v) is 5.20. The molecule has 0 aromatic heterocycles. The zero-order chi connectivity index (χ0) is 16.7. The van der Waals surface area contributed by atoms with Gasteiger partial charge in [0.15, 0.2) is 11.5 Å². The van der Waals surface area contributed by atoms with Gasteiger partial charge in [-0.2, -0.15) is 8.42 Å². The number of methoxy groups -OCH3 is 1. The molecule has 0 N–H and O–H groups in total. The van der Waals surface area contributed by atoms with Crippen molar-refractivity contribution in [2.75, 3.05) is 20.4 Å². The lowest BCUT2D eigenvalue weighted by Crippen LogP contribution is -2.36. The Bertz CT molecular complexity index is 868. The second kappa shape index (κ2) is 5.29. The highest BCUT2D eigenvalue weighted by molar-refractivity contribution is 7.89. The monoisotopic (exact) mass is 347 g/mol. The van der Waals surface area contributed by atoms with E-state index in [0.29, 0.717) is 4.31 Å². The topological polar surface area (TPSA) is 107 Å². The highest BCUT2D eigenvalue weighted by Gasteiger charge is 2.40. The van der Waals surface area contributed by atoms with Crippen LogP contribution in [0, 0.1) is 0 Å². The molecule has 0 saturated heterocycles. The maximum Gasteiger partial charge on any atom is 0.359 e. The third kappa shape index (κ3) is 2.66. The minimum atomic E-state index is -4.01. The predicted molar refractivity (Wildman–Crippen MR) is 76.3 cm³/mol. The van der Waals surface area contributed by atoms with Crippen LogP contribution < -0.4 is 0 Å². The Kier molecular flexibility index (Phi) is 3.92. The molecule has 0 spiro atoms. The number of hydrogen-bond donors (Lipinski definition) is 0. The molecule has 1 heterocycles. The fraction of sp³-hybridized carbons (Fsp3) is 0.250. The summed E-state index contributed by atoms with van der Waals surface area (Å²) in [5, 5.41) is 0. The number of carbonyl (C=O) groups is 1. The molecule has 8 nitrogen and oxygen atoms in total. The zero-order valence-electron chi connectivity index (χ0n) is 11.9. The number of benzene rings is 1. The van der Waals surface area contributed by atoms with Crippen molar-refractivity contribution in [3.8, 4) is 0 Å². The molecule has 22 heavy (non-hydrogen) atoms. The molecule has 0 atom stereocenters. The van der Waals surface area contributed by atoms with Gasteiger partial charge in [0.25, 0.3) is 10.0 Å². The van der Waals surface area contributed by atoms with Crippen LogP contribution in [0.25, 0.3) is 5.76 Å². The molecule has 0 aliphatic carbocycles. The number of esters is 1. The lowest BCUT2D eigenvalue weighted by atomic mass is 10.1. The van der Waals surface area contributed by atoms with E-state index < -0.39 is 31.8 Å². The van der Waals surface area contributed by atoms with Gasteiger partial charge in [0.05, 0.1) is 18.3 Å². The summed E-state index contributed by atoms with van der Waals surface area (Å²) in [4.78, 5) is 11.7. The maximum atomic E-state index is 12.4. The summed E-state index contributed by atoms with van der Waals surface area (Å²) in [5.41, 5.74) is -0.530. The summed E-state index contributed by atoms with van der Waals surface area (Å²) in [7, 11) is -5.84. The van der Waals surface area contributed by atoms with Gasteiger partial charge in [0, 0.05) is 12.6 Å². The Balaban J connectivity index is 2.88. The summed E-state index contributed by atoms with van der Waals surface area (Å²) in [6.45, 7) is 0. The first-order chi connectivity index (χ1) is 10.1. The lowest BCUT2D eigenvalue weighted by molar-refractivity contribution is -0.137. The molecule has 0 bridgehead atoms. The molecular formula is C12H13NO7S2. The van der Waals surface area contributed by atoms with E-state index in [9.17, 15) is 21.6 Å². The molecule has 0 unspecified atom stereocenters. The van der Waals surface area contributed by atoms with Crippen LogP contribution in [0.4, 0.5) is 0 Å². The minimum absolute atomic E-state index is 0.0218. The van der Waals surface area contributed by atoms with Crippen LogP contribution in [0.2, 0.25) is 0 Å². The Labute approximate surface area is 128 Å². The van der Waals surface area contributed by atoms with E-state index >= 15 is 0 Å². The first kappa shape index (κ1) is 16.3. The van der Waals surface area contributed by atoms with E-state index in [-0.39, 0.29) is 16.2 Å². The SMILES string of the molecule is COC(=O)C1=C(OS(C)(=O)=O)c2ccccc2S(=O)(=O)N1C. The number of nitrogens with zero attached hydrogens (tertiary/aromatic N) is 1. The first-order valence-corrected chi connectivity index (χ1v) is 9.15. The van der Waals surface area contributed by atoms with E-state index in [1.165, 1.54) is 24.3 Å². The molecule has 0 fully saturated rings. The van der Waals surface area contributed by atoms with Crippen LogP contribution in [-0.4, -0.2) is 47.5 Å². The summed E-state index contributed by atoms with van der Waals surface area (Å²) in [6, 6.07) is 5.62. The van der Waals surface area contributed by atoms with Crippen molar-refractivity contribution >= 4 is 31.9 Å². The lowest BCUT2D eigenvalue weighted by Gasteiger charge is -2.29. The van der Waals surface area contributed by atoms with E-state index in [1.54, 1.807) is 0 Å². The van der Waals surface area contributed by atoms with Crippen molar-refractivity contribution in [3.05, 3.63) is 35.5 Å². The van der Waals surface area contributed by atoms with Gasteiger partial charge in [0.2, 0.25) is 0 Å². The van der Waals surface area contributed by atoms with Crippen LogP contribution in [0.3, 0.4) is 0 Å². The summed E-state index contributed by atoms with van der Waals surface area (Å²) in [6.07, 6.45) is 0.792. The van der Waals surface area contributed by atoms with Crippen molar-refractivity contribution in [2.45, 2.75) is 4.90 Å². The van der Waals surface area contributed by atoms with Crippen molar-refractivity contribution in [1.29, 1.82) is 0 Å². The van der Waals surface area contributed by atoms with E-state index in [2.05, 4.69) is 4.74 Å². The highest BCUT2D eigenvalue weighted by atomic mass is 32.2. The van der Waals surface area contributed by atoms with Crippen LogP contribution >= 0.6 is 0 Å². The minimum Gasteiger partial charge on any atom is -0.464 e. The van der Waals surface area contributed by atoms with E-state index in [1.807, 2.05) is 0 Å². The number of sulfonamides is 1. The highest BCUT2D eigenvalue weighted by Crippen LogP contribution is 2.37. The van der Waals surface area contributed by atoms with Gasteiger partial charge in [-0.1, -0.05) is 12.1 Å². The number of rotatable bonds is 3. The molecule has 1 aromatic carbocycles. The molecule has 0 radical (unpaired) electrons. The van der Waals surface area contributed by atoms with Gasteiger partial charge in [-0.25, -0.2) is 13.2 Å². The summed E-state index contributed by atoms with van der Waals surface area (Å²) < 4.78 is 57.8. The Morgan fingerprint density at radius 3 is 2.36 bits per heavy atom. The number of hydrogen-bond acceptors (Lipinski definition) is 7. The zero-order valence-corrected chi connectivity index (χ0v) is 13.6. The molecular weight excluding hydrogens is 334 g/mol. The van der Waals surface area contributed by atoms with Crippen LogP contribution in [0.15, 0.2) is 34.9 Å². The predicted octanol–water partition coefficient (Wildman–Crippen LogP) is 0.139. The molecule has 0 amide bonds. The number of ether oxygens (including phenoxy) is 1. The number of fused-ring (bicyclic) bond motifs is 1. The van der Waals surface area contributed by atoms with Crippen molar-refractivity contribution in [2.24, 2.45) is 0 Å². The molecule has 120 valence electrons. The molecule has 1 aliphatic rings. The van der Waals surface area contributed by atoms with Gasteiger partial charge in [-0.15, -0.1) is 0 Å². The van der Waals surface area contributed by atoms with Crippen molar-refractivity contribution < 1.29 is 30.6 Å². The van der Waals surface area contributed by atoms with E-state index in [0.717, 1.165) is 20.4 Å². The Morgan fingerprint density at radius 2 is 1.82 bits per heavy atom. The van der Waals surface area contributed by atoms with Gasteiger partial charge in [-0.3, -0.25) is 4.31 Å². The Hall–Kier alpha value is -2.07. The van der Waals surface area contributed by atoms with Gasteiger partial charge >= 0.3 is 16.1 Å². The summed E-state index contributed by atoms with van der Waals surface area (Å²) in [5.74, 6) is -1.42. The molecule has 1 aromatic rings. The van der Waals surface area contributed by atoms with E-state index in [4.69, 9.17) is 4.18 Å². The number of carbonyl (C=O) groups excluding carboxylic acids is 1. The van der Waals surface area contributed by atoms with Crippen molar-refractivity contribution in [3.63, 3.8) is 0 Å². The largest absolute Gasteiger partial charge is 0.464 e. The summed E-state index contributed by atoms with van der Waals surface area (Å²) >= 11 is 0. The average molecular weight is 347 g/mol.